The molecule has 0 unspecified atom stereocenters. The van der Waals surface area contributed by atoms with Gasteiger partial charge in [0.15, 0.2) is 5.82 Å². The highest BCUT2D eigenvalue weighted by Crippen LogP contribution is 2.40. The van der Waals surface area contributed by atoms with Crippen LogP contribution < -0.4 is 15.9 Å². The summed E-state index contributed by atoms with van der Waals surface area (Å²) in [5, 5.41) is 8.12. The van der Waals surface area contributed by atoms with E-state index in [1.165, 1.54) is 30.4 Å². The van der Waals surface area contributed by atoms with E-state index < -0.39 is 7.14 Å². The van der Waals surface area contributed by atoms with E-state index in [4.69, 9.17) is 27.9 Å². The van der Waals surface area contributed by atoms with Gasteiger partial charge in [-0.25, -0.2) is 4.98 Å². The summed E-state index contributed by atoms with van der Waals surface area (Å²) in [6.45, 7) is 5.41. The number of likely N-dealkylation sites (tertiary alicyclic amines) is 1. The lowest BCUT2D eigenvalue weighted by atomic mass is 10.0. The average molecular weight is 572 g/mol. The number of hydrogen-bond acceptors (Lipinski definition) is 7. The summed E-state index contributed by atoms with van der Waals surface area (Å²) in [6, 6.07) is 13.1. The summed E-state index contributed by atoms with van der Waals surface area (Å²) >= 11 is 12.6. The molecule has 3 atom stereocenters. The van der Waals surface area contributed by atoms with Crippen LogP contribution in [-0.2, 0) is 22.1 Å². The molecule has 2 fully saturated rings. The summed E-state index contributed by atoms with van der Waals surface area (Å²) < 4.78 is 18.7. The molecule has 6 rings (SSSR count). The third-order valence-corrected chi connectivity index (χ3v) is 9.95. The molecule has 2 aromatic carbocycles. The normalized spacial score (nSPS) is 23.2. The lowest BCUT2D eigenvalue weighted by Crippen LogP contribution is -2.44. The Morgan fingerprint density at radius 3 is 2.58 bits per heavy atom. The van der Waals surface area contributed by atoms with Crippen molar-refractivity contribution in [2.24, 2.45) is 0 Å². The minimum absolute atomic E-state index is 0.368. The summed E-state index contributed by atoms with van der Waals surface area (Å²) in [5.74, 6) is 0.866. The van der Waals surface area contributed by atoms with E-state index in [2.05, 4.69) is 43.7 Å². The van der Waals surface area contributed by atoms with Gasteiger partial charge in [0, 0.05) is 34.6 Å². The van der Waals surface area contributed by atoms with Crippen molar-refractivity contribution in [1.29, 1.82) is 0 Å². The second kappa shape index (κ2) is 10.4. The van der Waals surface area contributed by atoms with E-state index in [9.17, 15) is 4.57 Å². The molecule has 0 amide bonds. The third kappa shape index (κ3) is 5.45. The van der Waals surface area contributed by atoms with Crippen LogP contribution in [-0.4, -0.2) is 59.5 Å². The van der Waals surface area contributed by atoms with E-state index >= 15 is 0 Å². The van der Waals surface area contributed by atoms with Crippen LogP contribution in [0.3, 0.4) is 0 Å². The van der Waals surface area contributed by atoms with Gasteiger partial charge in [-0.05, 0) is 86.9 Å². The molecule has 3 heterocycles. The number of hydrogen-bond donors (Lipinski definition) is 2. The Kier molecular flexibility index (Phi) is 7.17. The second-order valence-electron chi connectivity index (χ2n) is 10.9. The van der Waals surface area contributed by atoms with Crippen molar-refractivity contribution >= 4 is 58.8 Å². The van der Waals surface area contributed by atoms with Gasteiger partial charge in [-0.15, -0.1) is 0 Å². The van der Waals surface area contributed by atoms with Gasteiger partial charge in [-0.2, -0.15) is 4.98 Å². The van der Waals surface area contributed by atoms with Gasteiger partial charge >= 0.3 is 0 Å². The molecule has 1 aromatic heterocycles. The highest BCUT2D eigenvalue weighted by molar-refractivity contribution is 7.70. The van der Waals surface area contributed by atoms with Gasteiger partial charge in [-0.3, -0.25) is 4.90 Å². The molecule has 2 N–H and O–H groups in total. The largest absolute Gasteiger partial charge is 0.375 e. The Morgan fingerprint density at radius 1 is 1.03 bits per heavy atom. The first-order chi connectivity index (χ1) is 18.2. The summed E-state index contributed by atoms with van der Waals surface area (Å²) in [5.41, 5.74) is 4.42. The molecule has 3 aromatic rings. The van der Waals surface area contributed by atoms with Crippen LogP contribution in [0.2, 0.25) is 10.0 Å². The van der Waals surface area contributed by atoms with Gasteiger partial charge in [-0.1, -0.05) is 29.3 Å². The molecular formula is C28H32Cl2N5O2P. The summed E-state index contributed by atoms with van der Waals surface area (Å²) in [4.78, 5) is 11.7. The van der Waals surface area contributed by atoms with Crippen molar-refractivity contribution in [3.63, 3.8) is 0 Å². The van der Waals surface area contributed by atoms with Gasteiger partial charge in [0.05, 0.1) is 24.6 Å². The second-order valence-corrected chi connectivity index (χ2v) is 14.9. The van der Waals surface area contributed by atoms with Gasteiger partial charge in [0.25, 0.3) is 0 Å². The van der Waals surface area contributed by atoms with Crippen molar-refractivity contribution in [3.8, 4) is 0 Å². The highest BCUT2D eigenvalue weighted by Gasteiger charge is 2.42. The molecule has 1 aliphatic carbocycles. The van der Waals surface area contributed by atoms with Gasteiger partial charge < -0.3 is 19.9 Å². The number of benzene rings is 2. The zero-order chi connectivity index (χ0) is 26.4. The van der Waals surface area contributed by atoms with Crippen LogP contribution in [0.25, 0.3) is 0 Å². The molecule has 200 valence electrons. The Hall–Kier alpha value is -2.15. The van der Waals surface area contributed by atoms with Crippen LogP contribution in [0.15, 0.2) is 42.6 Å². The monoisotopic (exact) mass is 571 g/mol. The molecule has 2 aliphatic heterocycles. The Morgan fingerprint density at radius 2 is 1.84 bits per heavy atom. The van der Waals surface area contributed by atoms with E-state index in [-0.39, 0.29) is 0 Å². The van der Waals surface area contributed by atoms with Crippen molar-refractivity contribution in [3.05, 3.63) is 63.8 Å². The molecule has 38 heavy (non-hydrogen) atoms. The molecule has 7 nitrogen and oxygen atoms in total. The first kappa shape index (κ1) is 26.1. The predicted molar refractivity (Wildman–Crippen MR) is 156 cm³/mol. The fourth-order valence-corrected chi connectivity index (χ4v) is 7.55. The van der Waals surface area contributed by atoms with Crippen LogP contribution >= 0.6 is 30.3 Å². The van der Waals surface area contributed by atoms with E-state index in [1.54, 1.807) is 37.7 Å². The van der Waals surface area contributed by atoms with Crippen molar-refractivity contribution in [2.75, 3.05) is 37.1 Å². The molecule has 10 heteroatoms. The van der Waals surface area contributed by atoms with Crippen LogP contribution in [0, 0.1) is 0 Å². The molecule has 0 saturated carbocycles. The standard InChI is InChI=1S/C28H32Cl2N5O2P/c1-38(2,36)26-12-19(29)6-10-25(26)33-27-24(30)14-31-28(34-27)32-20-7-3-17-4-8-21(9-5-18(17)11-20)35-15-23-13-22(35)16-37-23/h3,6-7,10-12,14,21-23H,4-5,8-9,13,15-16H2,1-2H3,(H2,31,32,33,34)/t21-,22+,23+/m0/s1. The molecule has 3 aliphatic rings. The number of anilines is 4. The van der Waals surface area contributed by atoms with Crippen LogP contribution in [0.4, 0.5) is 23.1 Å². The maximum absolute atomic E-state index is 12.9. The first-order valence-electron chi connectivity index (χ1n) is 13.1. The topological polar surface area (TPSA) is 79.4 Å². The maximum atomic E-state index is 12.9. The Balaban J connectivity index is 1.18. The van der Waals surface area contributed by atoms with Gasteiger partial charge in [0.1, 0.15) is 12.2 Å². The molecule has 2 bridgehead atoms. The molecule has 2 saturated heterocycles. The molecular weight excluding hydrogens is 540 g/mol. The fraction of sp³-hybridized carbons (Fsp3) is 0.429. The van der Waals surface area contributed by atoms with E-state index in [0.717, 1.165) is 31.7 Å². The van der Waals surface area contributed by atoms with Gasteiger partial charge in [0.2, 0.25) is 5.95 Å². The lowest BCUT2D eigenvalue weighted by molar-refractivity contribution is 0.00854. The van der Waals surface area contributed by atoms with Crippen molar-refractivity contribution in [2.45, 2.75) is 50.3 Å². The Bertz CT molecular complexity index is 1410. The number of aryl methyl sites for hydroxylation is 2. The number of aromatic nitrogens is 2. The lowest BCUT2D eigenvalue weighted by Gasteiger charge is -2.34. The minimum Gasteiger partial charge on any atom is -0.375 e. The van der Waals surface area contributed by atoms with Crippen molar-refractivity contribution < 1.29 is 9.30 Å². The summed E-state index contributed by atoms with van der Waals surface area (Å²) in [7, 11) is -2.59. The highest BCUT2D eigenvalue weighted by atomic mass is 35.5. The van der Waals surface area contributed by atoms with Crippen LogP contribution in [0.1, 0.15) is 30.4 Å². The Labute approximate surface area is 233 Å². The number of fused-ring (bicyclic) bond motifs is 3. The zero-order valence-corrected chi connectivity index (χ0v) is 24.0. The van der Waals surface area contributed by atoms with E-state index in [0.29, 0.717) is 51.0 Å². The third-order valence-electron chi connectivity index (χ3n) is 7.91. The van der Waals surface area contributed by atoms with Crippen LogP contribution in [0.5, 0.6) is 0 Å². The molecule has 0 spiro atoms. The number of nitrogens with one attached hydrogen (secondary N) is 2. The number of rotatable bonds is 6. The average Bonchev–Trinajstić information content (AvgIpc) is 3.45. The zero-order valence-electron chi connectivity index (χ0n) is 21.6. The maximum Gasteiger partial charge on any atom is 0.229 e. The van der Waals surface area contributed by atoms with Crippen molar-refractivity contribution in [1.82, 2.24) is 14.9 Å². The summed E-state index contributed by atoms with van der Waals surface area (Å²) in [6.07, 6.45) is 7.74. The predicted octanol–water partition coefficient (Wildman–Crippen LogP) is 6.24. The minimum atomic E-state index is -2.59. The SMILES string of the molecule is CP(C)(=O)c1cc(Cl)ccc1Nc1nc(Nc2ccc3c(c2)CC[C@@H](N2C[C@H]4C[C@@H]2CO4)CC3)ncc1Cl. The number of nitrogens with zero attached hydrogens (tertiary/aromatic N) is 3. The quantitative estimate of drug-likeness (QED) is 0.268. The molecule has 0 radical (unpaired) electrons. The number of halogens is 2. The number of ether oxygens (including phenoxy) is 1. The smallest absolute Gasteiger partial charge is 0.229 e. The van der Waals surface area contributed by atoms with E-state index in [1.807, 2.05) is 0 Å². The fourth-order valence-electron chi connectivity index (χ4n) is 6.00. The number of morpholine rings is 1. The first-order valence-corrected chi connectivity index (χ1v) is 16.5.